The highest BCUT2D eigenvalue weighted by molar-refractivity contribution is 7.47. The van der Waals surface area contributed by atoms with Crippen molar-refractivity contribution in [3.8, 4) is 0 Å². The average molecular weight is 885 g/mol. The fourth-order valence-corrected chi connectivity index (χ4v) is 9.07. The van der Waals surface area contributed by atoms with Crippen LogP contribution >= 0.6 is 7.82 Å². The Morgan fingerprint density at radius 2 is 0.836 bits per heavy atom. The van der Waals surface area contributed by atoms with Gasteiger partial charge in [0.1, 0.15) is 0 Å². The number of aliphatic hydroxyl groups is 1. The lowest BCUT2D eigenvalue weighted by Gasteiger charge is -2.23. The van der Waals surface area contributed by atoms with Crippen LogP contribution in [0, 0.1) is 0 Å². The van der Waals surface area contributed by atoms with Gasteiger partial charge < -0.3 is 21.1 Å². The molecule has 8 nitrogen and oxygen atoms in total. The summed E-state index contributed by atoms with van der Waals surface area (Å²) in [5.41, 5.74) is 5.39. The smallest absolute Gasteiger partial charge is 0.387 e. The van der Waals surface area contributed by atoms with Gasteiger partial charge in [0.05, 0.1) is 25.4 Å². The number of hydrogen-bond acceptors (Lipinski definition) is 6. The quantitative estimate of drug-likeness (QED) is 0.0272. The van der Waals surface area contributed by atoms with Gasteiger partial charge in [-0.25, -0.2) is 4.57 Å². The summed E-state index contributed by atoms with van der Waals surface area (Å²) >= 11 is 0. The lowest BCUT2D eigenvalue weighted by Crippen LogP contribution is -2.45. The highest BCUT2D eigenvalue weighted by Crippen LogP contribution is 2.43. The van der Waals surface area contributed by atoms with Gasteiger partial charge in [-0.1, -0.05) is 270 Å². The summed E-state index contributed by atoms with van der Waals surface area (Å²) in [6, 6.07) is -0.855. The van der Waals surface area contributed by atoms with Crippen molar-refractivity contribution in [1.82, 2.24) is 5.32 Å². The highest BCUT2D eigenvalue weighted by Gasteiger charge is 2.26. The van der Waals surface area contributed by atoms with Gasteiger partial charge >= 0.3 is 7.82 Å². The molecule has 0 spiro atoms. The molecule has 0 fully saturated rings. The molecule has 0 saturated heterocycles. The van der Waals surface area contributed by atoms with Crippen LogP contribution in [0.25, 0.3) is 0 Å². The summed E-state index contributed by atoms with van der Waals surface area (Å²) in [5, 5.41) is 13.7. The van der Waals surface area contributed by atoms with Crippen LogP contribution in [0.2, 0.25) is 0 Å². The Bertz CT molecular complexity index is 968. The maximum atomic E-state index is 12.8. The molecule has 61 heavy (non-hydrogen) atoms. The molecular weight excluding hydrogens is 780 g/mol. The van der Waals surface area contributed by atoms with Crippen LogP contribution in [-0.2, 0) is 18.4 Å². The number of unbranched alkanes of at least 4 members (excludes halogenated alkanes) is 39. The molecule has 1 amide bonds. The Labute approximate surface area is 379 Å². The van der Waals surface area contributed by atoms with Crippen LogP contribution in [0.15, 0.2) is 12.2 Å². The summed E-state index contributed by atoms with van der Waals surface area (Å²) in [5.74, 6) is -0.187. The number of aliphatic hydroxyl groups excluding tert-OH is 1. The molecule has 0 bridgehead atoms. The first-order valence-corrected chi connectivity index (χ1v) is 28.3. The second kappa shape index (κ2) is 48.7. The first kappa shape index (κ1) is 60.2. The van der Waals surface area contributed by atoms with Gasteiger partial charge in [0.2, 0.25) is 5.91 Å². The van der Waals surface area contributed by atoms with E-state index in [4.69, 9.17) is 14.8 Å². The van der Waals surface area contributed by atoms with Gasteiger partial charge in [0, 0.05) is 13.0 Å². The minimum absolute atomic E-state index is 0.0817. The van der Waals surface area contributed by atoms with Crippen molar-refractivity contribution in [2.75, 3.05) is 19.8 Å². The Morgan fingerprint density at radius 1 is 0.525 bits per heavy atom. The third kappa shape index (κ3) is 47.0. The first-order valence-electron chi connectivity index (χ1n) is 26.8. The van der Waals surface area contributed by atoms with E-state index in [0.29, 0.717) is 6.42 Å². The summed E-state index contributed by atoms with van der Waals surface area (Å²) < 4.78 is 22.2. The molecule has 9 heteroatoms. The molecule has 0 aliphatic rings. The van der Waals surface area contributed by atoms with Crippen LogP contribution < -0.4 is 11.1 Å². The minimum atomic E-state index is -4.34. The van der Waals surface area contributed by atoms with E-state index >= 15 is 0 Å². The summed E-state index contributed by atoms with van der Waals surface area (Å²) in [7, 11) is -4.34. The second-order valence-electron chi connectivity index (χ2n) is 18.5. The zero-order valence-electron chi connectivity index (χ0n) is 40.7. The van der Waals surface area contributed by atoms with Crippen molar-refractivity contribution in [2.24, 2.45) is 5.73 Å². The molecule has 0 heterocycles. The molecule has 0 aromatic carbocycles. The van der Waals surface area contributed by atoms with Gasteiger partial charge in [0.25, 0.3) is 0 Å². The first-order chi connectivity index (χ1) is 29.9. The Balaban J connectivity index is 3.96. The van der Waals surface area contributed by atoms with Gasteiger partial charge in [-0.2, -0.15) is 0 Å². The van der Waals surface area contributed by atoms with Crippen molar-refractivity contribution in [3.63, 3.8) is 0 Å². The molecule has 5 N–H and O–H groups in total. The molecule has 0 aromatic rings. The topological polar surface area (TPSA) is 131 Å². The molecule has 3 atom stereocenters. The zero-order chi connectivity index (χ0) is 44.6. The van der Waals surface area contributed by atoms with E-state index in [1.54, 1.807) is 6.08 Å². The van der Waals surface area contributed by atoms with Crippen molar-refractivity contribution in [2.45, 2.75) is 296 Å². The molecule has 364 valence electrons. The fourth-order valence-electron chi connectivity index (χ4n) is 8.31. The van der Waals surface area contributed by atoms with Crippen LogP contribution in [0.3, 0.4) is 0 Å². The van der Waals surface area contributed by atoms with E-state index in [9.17, 15) is 19.4 Å². The number of carbonyl (C=O) groups is 1. The number of amides is 1. The normalized spacial score (nSPS) is 13.9. The number of phosphoric ester groups is 1. The second-order valence-corrected chi connectivity index (χ2v) is 19.9. The molecule has 1 unspecified atom stereocenters. The molecule has 0 saturated carbocycles. The number of hydrogen-bond donors (Lipinski definition) is 4. The molecule has 0 aliphatic carbocycles. The standard InChI is InChI=1S/C52H105N2O6P/c1-3-5-7-9-11-13-15-17-19-21-22-23-24-25-26-27-28-29-30-32-34-36-38-40-42-44-46-52(56)54-50(49-60-61(57,58)59-48-47-53)51(55)45-43-41-39-37-35-33-31-20-18-16-14-12-10-8-6-4-2/h43,45,50-51,55H,3-42,44,46-49,53H2,1-2H3,(H,54,56)(H,57,58)/b45-43+/t50-,51+/m0/s1. The summed E-state index contributed by atoms with van der Waals surface area (Å²) in [6.07, 6.45) is 57.2. The van der Waals surface area contributed by atoms with Crippen molar-refractivity contribution < 1.29 is 28.4 Å². The number of carbonyl (C=O) groups excluding carboxylic acids is 1. The third-order valence-corrected chi connectivity index (χ3v) is 13.3. The minimum Gasteiger partial charge on any atom is -0.387 e. The zero-order valence-corrected chi connectivity index (χ0v) is 41.6. The van der Waals surface area contributed by atoms with E-state index in [1.165, 1.54) is 225 Å². The highest BCUT2D eigenvalue weighted by atomic mass is 31.2. The maximum Gasteiger partial charge on any atom is 0.472 e. The predicted octanol–water partition coefficient (Wildman–Crippen LogP) is 15.9. The van der Waals surface area contributed by atoms with Crippen LogP contribution in [0.4, 0.5) is 0 Å². The van der Waals surface area contributed by atoms with E-state index in [0.717, 1.165) is 38.5 Å². The lowest BCUT2D eigenvalue weighted by molar-refractivity contribution is -0.123. The van der Waals surface area contributed by atoms with Crippen molar-refractivity contribution in [3.05, 3.63) is 12.2 Å². The lowest BCUT2D eigenvalue weighted by atomic mass is 10.0. The molecule has 0 radical (unpaired) electrons. The van der Waals surface area contributed by atoms with Crippen LogP contribution in [0.5, 0.6) is 0 Å². The van der Waals surface area contributed by atoms with E-state index in [2.05, 4.69) is 19.2 Å². The number of phosphoric acid groups is 1. The summed E-state index contributed by atoms with van der Waals surface area (Å²) in [6.45, 7) is 4.18. The van der Waals surface area contributed by atoms with Crippen LogP contribution in [-0.4, -0.2) is 47.8 Å². The van der Waals surface area contributed by atoms with Gasteiger partial charge in [-0.05, 0) is 19.3 Å². The van der Waals surface area contributed by atoms with Gasteiger partial charge in [0.15, 0.2) is 0 Å². The molecular formula is C52H105N2O6P. The number of allylic oxidation sites excluding steroid dienone is 1. The Hall–Kier alpha value is -0.760. The van der Waals surface area contributed by atoms with E-state index in [-0.39, 0.29) is 25.7 Å². The maximum absolute atomic E-state index is 12.8. The Kier molecular flexibility index (Phi) is 48.1. The predicted molar refractivity (Wildman–Crippen MR) is 263 cm³/mol. The van der Waals surface area contributed by atoms with Crippen molar-refractivity contribution in [1.29, 1.82) is 0 Å². The van der Waals surface area contributed by atoms with Gasteiger partial charge in [-0.3, -0.25) is 13.8 Å². The fraction of sp³-hybridized carbons (Fsp3) is 0.942. The van der Waals surface area contributed by atoms with Gasteiger partial charge in [-0.15, -0.1) is 0 Å². The third-order valence-electron chi connectivity index (χ3n) is 12.4. The molecule has 0 aromatic heterocycles. The monoisotopic (exact) mass is 885 g/mol. The number of rotatable bonds is 51. The van der Waals surface area contributed by atoms with Crippen LogP contribution in [0.1, 0.15) is 284 Å². The molecule has 0 aliphatic heterocycles. The van der Waals surface area contributed by atoms with Crippen molar-refractivity contribution >= 4 is 13.7 Å². The number of nitrogens with one attached hydrogen (secondary N) is 1. The summed E-state index contributed by atoms with van der Waals surface area (Å²) in [4.78, 5) is 22.8. The average Bonchev–Trinajstić information content (AvgIpc) is 3.25. The SMILES string of the molecule is CCCCCCCCCCCCCCCC/C=C/[C@@H](O)[C@H](COP(=O)(O)OCCN)NC(=O)CCCCCCCCCCCCCCCCCCCCCCCCCCCC. The largest absolute Gasteiger partial charge is 0.472 e. The Morgan fingerprint density at radius 3 is 1.16 bits per heavy atom. The van der Waals surface area contributed by atoms with E-state index in [1.807, 2.05) is 6.08 Å². The van der Waals surface area contributed by atoms with E-state index < -0.39 is 20.0 Å². The number of nitrogens with two attached hydrogens (primary N) is 1. The molecule has 0 rings (SSSR count).